The largest absolute Gasteiger partial charge is 0.310 e. The predicted molar refractivity (Wildman–Crippen MR) is 63.9 cm³/mol. The Morgan fingerprint density at radius 2 is 2.00 bits per heavy atom. The molecule has 4 heteroatoms. The van der Waals surface area contributed by atoms with Crippen LogP contribution in [0.1, 0.15) is 17.0 Å². The number of aromatic amines is 1. The van der Waals surface area contributed by atoms with Crippen LogP contribution in [0.4, 0.5) is 0 Å². The third-order valence-electron chi connectivity index (χ3n) is 2.31. The Bertz CT molecular complexity index is 549. The molecule has 2 rings (SSSR count). The molecule has 0 saturated heterocycles. The molecule has 0 aliphatic rings. The van der Waals surface area contributed by atoms with Gasteiger partial charge in [0.05, 0.1) is 5.56 Å². The van der Waals surface area contributed by atoms with E-state index >= 15 is 0 Å². The minimum absolute atomic E-state index is 0.165. The van der Waals surface area contributed by atoms with Crippen LogP contribution in [-0.4, -0.2) is 9.97 Å². The molecule has 0 amide bonds. The molecular formula is C12H11ClN2O. The quantitative estimate of drug-likeness (QED) is 0.811. The van der Waals surface area contributed by atoms with Crippen molar-refractivity contribution in [2.45, 2.75) is 13.3 Å². The van der Waals surface area contributed by atoms with E-state index in [2.05, 4.69) is 9.97 Å². The van der Waals surface area contributed by atoms with Crippen LogP contribution in [0.2, 0.25) is 5.15 Å². The van der Waals surface area contributed by atoms with Gasteiger partial charge in [-0.3, -0.25) is 4.79 Å². The van der Waals surface area contributed by atoms with E-state index in [1.807, 2.05) is 30.3 Å². The summed E-state index contributed by atoms with van der Waals surface area (Å²) in [5.41, 5.74) is 1.39. The fourth-order valence-corrected chi connectivity index (χ4v) is 1.81. The van der Waals surface area contributed by atoms with Gasteiger partial charge in [-0.25, -0.2) is 4.98 Å². The first-order valence-corrected chi connectivity index (χ1v) is 5.34. The van der Waals surface area contributed by atoms with Gasteiger partial charge in [0.2, 0.25) is 0 Å². The lowest BCUT2D eigenvalue weighted by Crippen LogP contribution is -2.16. The van der Waals surface area contributed by atoms with Gasteiger partial charge in [-0.2, -0.15) is 0 Å². The van der Waals surface area contributed by atoms with Gasteiger partial charge in [0, 0.05) is 6.42 Å². The van der Waals surface area contributed by atoms with E-state index in [0.717, 1.165) is 5.56 Å². The highest BCUT2D eigenvalue weighted by atomic mass is 35.5. The third-order valence-corrected chi connectivity index (χ3v) is 2.62. The first kappa shape index (κ1) is 10.9. The molecule has 0 saturated carbocycles. The van der Waals surface area contributed by atoms with Crippen molar-refractivity contribution in [1.82, 2.24) is 9.97 Å². The summed E-state index contributed by atoms with van der Waals surface area (Å²) in [5.74, 6) is 0.534. The van der Waals surface area contributed by atoms with Gasteiger partial charge >= 0.3 is 0 Å². The van der Waals surface area contributed by atoms with Gasteiger partial charge < -0.3 is 4.98 Å². The SMILES string of the molecule is Cc1nc(Cl)c(Cc2ccccc2)c(=O)[nH]1. The van der Waals surface area contributed by atoms with Crippen LogP contribution in [0, 0.1) is 6.92 Å². The second-order valence-corrected chi connectivity index (χ2v) is 3.94. The number of benzene rings is 1. The van der Waals surface area contributed by atoms with Gasteiger partial charge in [-0.15, -0.1) is 0 Å². The van der Waals surface area contributed by atoms with Crippen LogP contribution in [-0.2, 0) is 6.42 Å². The minimum atomic E-state index is -0.165. The van der Waals surface area contributed by atoms with Crippen LogP contribution in [0.25, 0.3) is 0 Å². The number of hydrogen-bond acceptors (Lipinski definition) is 2. The molecule has 1 aromatic carbocycles. The number of aromatic nitrogens is 2. The number of H-pyrrole nitrogens is 1. The number of nitrogens with zero attached hydrogens (tertiary/aromatic N) is 1. The van der Waals surface area contributed by atoms with Crippen LogP contribution in [0.15, 0.2) is 35.1 Å². The van der Waals surface area contributed by atoms with Crippen molar-refractivity contribution >= 4 is 11.6 Å². The van der Waals surface area contributed by atoms with E-state index in [-0.39, 0.29) is 10.7 Å². The lowest BCUT2D eigenvalue weighted by Gasteiger charge is -2.03. The second kappa shape index (κ2) is 4.49. The highest BCUT2D eigenvalue weighted by Gasteiger charge is 2.08. The Hall–Kier alpha value is -1.61. The minimum Gasteiger partial charge on any atom is -0.310 e. The summed E-state index contributed by atoms with van der Waals surface area (Å²) in [6.45, 7) is 1.71. The van der Waals surface area contributed by atoms with E-state index in [4.69, 9.17) is 11.6 Å². The van der Waals surface area contributed by atoms with E-state index in [9.17, 15) is 4.79 Å². The van der Waals surface area contributed by atoms with E-state index in [1.54, 1.807) is 6.92 Å². The summed E-state index contributed by atoms with van der Waals surface area (Å²) >= 11 is 5.95. The number of nitrogens with one attached hydrogen (secondary N) is 1. The topological polar surface area (TPSA) is 45.8 Å². The first-order valence-electron chi connectivity index (χ1n) is 4.96. The Labute approximate surface area is 98.1 Å². The molecule has 0 bridgehead atoms. The summed E-state index contributed by atoms with van der Waals surface area (Å²) in [5, 5.41) is 0.283. The molecule has 1 aromatic heterocycles. The molecule has 16 heavy (non-hydrogen) atoms. The fourth-order valence-electron chi connectivity index (χ4n) is 1.53. The average Bonchev–Trinajstić information content (AvgIpc) is 2.25. The van der Waals surface area contributed by atoms with Crippen molar-refractivity contribution in [2.24, 2.45) is 0 Å². The van der Waals surface area contributed by atoms with Crippen LogP contribution in [0.5, 0.6) is 0 Å². The summed E-state index contributed by atoms with van der Waals surface area (Å²) in [6, 6.07) is 9.70. The number of halogens is 1. The van der Waals surface area contributed by atoms with Gasteiger partial charge in [0.1, 0.15) is 11.0 Å². The molecule has 3 nitrogen and oxygen atoms in total. The van der Waals surface area contributed by atoms with Crippen molar-refractivity contribution in [3.05, 3.63) is 62.8 Å². The Morgan fingerprint density at radius 1 is 1.31 bits per heavy atom. The molecule has 82 valence electrons. The number of aryl methyl sites for hydroxylation is 1. The summed E-state index contributed by atoms with van der Waals surface area (Å²) in [4.78, 5) is 18.4. The zero-order chi connectivity index (χ0) is 11.5. The monoisotopic (exact) mass is 234 g/mol. The smallest absolute Gasteiger partial charge is 0.255 e. The summed E-state index contributed by atoms with van der Waals surface area (Å²) in [7, 11) is 0. The number of rotatable bonds is 2. The van der Waals surface area contributed by atoms with E-state index in [0.29, 0.717) is 17.8 Å². The van der Waals surface area contributed by atoms with Crippen molar-refractivity contribution in [3.8, 4) is 0 Å². The van der Waals surface area contributed by atoms with Crippen molar-refractivity contribution in [3.63, 3.8) is 0 Å². The fraction of sp³-hybridized carbons (Fsp3) is 0.167. The molecular weight excluding hydrogens is 224 g/mol. The Morgan fingerprint density at radius 3 is 2.62 bits per heavy atom. The molecule has 1 heterocycles. The molecule has 0 atom stereocenters. The molecule has 1 N–H and O–H groups in total. The van der Waals surface area contributed by atoms with Crippen LogP contribution in [0.3, 0.4) is 0 Å². The lowest BCUT2D eigenvalue weighted by atomic mass is 10.1. The standard InChI is InChI=1S/C12H11ClN2O/c1-8-14-11(13)10(12(16)15-8)7-9-5-3-2-4-6-9/h2-6H,7H2,1H3,(H,14,15,16). The maximum absolute atomic E-state index is 11.7. The lowest BCUT2D eigenvalue weighted by molar-refractivity contribution is 0.967. The highest BCUT2D eigenvalue weighted by Crippen LogP contribution is 2.13. The normalized spacial score (nSPS) is 10.4. The van der Waals surface area contributed by atoms with Crippen LogP contribution >= 0.6 is 11.6 Å². The third kappa shape index (κ3) is 2.31. The molecule has 0 aliphatic heterocycles. The maximum Gasteiger partial charge on any atom is 0.255 e. The highest BCUT2D eigenvalue weighted by molar-refractivity contribution is 6.30. The van der Waals surface area contributed by atoms with E-state index in [1.165, 1.54) is 0 Å². The predicted octanol–water partition coefficient (Wildman–Crippen LogP) is 2.32. The zero-order valence-corrected chi connectivity index (χ0v) is 9.58. The van der Waals surface area contributed by atoms with Crippen LogP contribution < -0.4 is 5.56 Å². The Balaban J connectivity index is 2.39. The van der Waals surface area contributed by atoms with Crippen molar-refractivity contribution in [2.75, 3.05) is 0 Å². The summed E-state index contributed by atoms with van der Waals surface area (Å²) in [6.07, 6.45) is 0.502. The molecule has 2 aromatic rings. The molecule has 0 unspecified atom stereocenters. The van der Waals surface area contributed by atoms with Crippen molar-refractivity contribution in [1.29, 1.82) is 0 Å². The van der Waals surface area contributed by atoms with Gasteiger partial charge in [0.15, 0.2) is 0 Å². The maximum atomic E-state index is 11.7. The zero-order valence-electron chi connectivity index (χ0n) is 8.83. The molecule has 0 radical (unpaired) electrons. The van der Waals surface area contributed by atoms with Gasteiger partial charge in [0.25, 0.3) is 5.56 Å². The first-order chi connectivity index (χ1) is 7.66. The molecule has 0 aliphatic carbocycles. The molecule has 0 spiro atoms. The van der Waals surface area contributed by atoms with Crippen molar-refractivity contribution < 1.29 is 0 Å². The van der Waals surface area contributed by atoms with Gasteiger partial charge in [-0.1, -0.05) is 41.9 Å². The van der Waals surface area contributed by atoms with Gasteiger partial charge in [-0.05, 0) is 12.5 Å². The average molecular weight is 235 g/mol. The summed E-state index contributed by atoms with van der Waals surface area (Å²) < 4.78 is 0. The Kier molecular flexibility index (Phi) is 3.06. The second-order valence-electron chi connectivity index (χ2n) is 3.58. The van der Waals surface area contributed by atoms with E-state index < -0.39 is 0 Å². The molecule has 0 fully saturated rings. The number of hydrogen-bond donors (Lipinski definition) is 1.